The quantitative estimate of drug-likeness (QED) is 0.462. The van der Waals surface area contributed by atoms with Crippen molar-refractivity contribution in [1.82, 2.24) is 34.8 Å². The molecule has 0 N–H and O–H groups in total. The van der Waals surface area contributed by atoms with Crippen LogP contribution >= 0.6 is 0 Å². The second-order valence-corrected chi connectivity index (χ2v) is 7.52. The maximum Gasteiger partial charge on any atom is 0.253 e. The van der Waals surface area contributed by atoms with Gasteiger partial charge in [-0.2, -0.15) is 10.1 Å². The van der Waals surface area contributed by atoms with Crippen molar-refractivity contribution in [2.75, 3.05) is 31.1 Å². The standard InChI is InChI=1S/C21H22N8O3/c1-14-25-18(26-32-14)12-31-16-5-3-15(4-6-16)21(30)29-9-7-28(8-10-29)20-17-11-24-27(2)19(17)22-13-23-20/h3-6,11,13H,7-10,12H2,1-2H3. The molecule has 164 valence electrons. The van der Waals surface area contributed by atoms with E-state index in [1.54, 1.807) is 48.4 Å². The molecule has 1 fully saturated rings. The Labute approximate surface area is 183 Å². The Morgan fingerprint density at radius 1 is 1.12 bits per heavy atom. The van der Waals surface area contributed by atoms with Gasteiger partial charge in [-0.3, -0.25) is 9.48 Å². The van der Waals surface area contributed by atoms with E-state index in [1.807, 2.05) is 11.9 Å². The van der Waals surface area contributed by atoms with Gasteiger partial charge in [-0.1, -0.05) is 5.16 Å². The summed E-state index contributed by atoms with van der Waals surface area (Å²) in [4.78, 5) is 29.8. The van der Waals surface area contributed by atoms with Gasteiger partial charge in [-0.25, -0.2) is 9.97 Å². The van der Waals surface area contributed by atoms with E-state index in [1.165, 1.54) is 0 Å². The normalized spacial score (nSPS) is 14.2. The number of hydrogen-bond donors (Lipinski definition) is 0. The van der Waals surface area contributed by atoms with Gasteiger partial charge in [0.05, 0.1) is 11.6 Å². The van der Waals surface area contributed by atoms with Gasteiger partial charge in [0.2, 0.25) is 11.7 Å². The number of fused-ring (bicyclic) bond motifs is 1. The number of rotatable bonds is 5. The maximum absolute atomic E-state index is 12.9. The zero-order chi connectivity index (χ0) is 22.1. The van der Waals surface area contributed by atoms with Crippen LogP contribution in [0.4, 0.5) is 5.82 Å². The molecule has 1 aromatic carbocycles. The molecule has 0 unspecified atom stereocenters. The highest BCUT2D eigenvalue weighted by atomic mass is 16.5. The summed E-state index contributed by atoms with van der Waals surface area (Å²) in [7, 11) is 1.86. The molecule has 0 atom stereocenters. The van der Waals surface area contributed by atoms with Crippen molar-refractivity contribution in [3.63, 3.8) is 0 Å². The molecule has 1 aliphatic rings. The fourth-order valence-corrected chi connectivity index (χ4v) is 3.75. The van der Waals surface area contributed by atoms with Crippen molar-refractivity contribution in [2.24, 2.45) is 7.05 Å². The summed E-state index contributed by atoms with van der Waals surface area (Å²) in [6.45, 7) is 4.54. The Morgan fingerprint density at radius 3 is 2.62 bits per heavy atom. The second kappa shape index (κ2) is 8.25. The molecule has 0 radical (unpaired) electrons. The van der Waals surface area contributed by atoms with Crippen LogP contribution in [0.15, 0.2) is 41.3 Å². The van der Waals surface area contributed by atoms with E-state index >= 15 is 0 Å². The summed E-state index contributed by atoms with van der Waals surface area (Å²) in [5.74, 6) is 2.47. The molecule has 0 spiro atoms. The molecular formula is C21H22N8O3. The van der Waals surface area contributed by atoms with E-state index in [-0.39, 0.29) is 12.5 Å². The van der Waals surface area contributed by atoms with Crippen LogP contribution in [-0.4, -0.2) is 66.9 Å². The number of carbonyl (C=O) groups excluding carboxylic acids is 1. The number of aromatic nitrogens is 6. The lowest BCUT2D eigenvalue weighted by Gasteiger charge is -2.35. The third kappa shape index (κ3) is 3.84. The first-order valence-corrected chi connectivity index (χ1v) is 10.3. The lowest BCUT2D eigenvalue weighted by atomic mass is 10.1. The summed E-state index contributed by atoms with van der Waals surface area (Å²) in [6, 6.07) is 7.09. The van der Waals surface area contributed by atoms with Crippen LogP contribution < -0.4 is 9.64 Å². The van der Waals surface area contributed by atoms with Crippen LogP contribution in [0.3, 0.4) is 0 Å². The molecule has 0 bridgehead atoms. The largest absolute Gasteiger partial charge is 0.485 e. The molecule has 5 rings (SSSR count). The molecule has 11 nitrogen and oxygen atoms in total. The second-order valence-electron chi connectivity index (χ2n) is 7.52. The lowest BCUT2D eigenvalue weighted by Crippen LogP contribution is -2.49. The lowest BCUT2D eigenvalue weighted by molar-refractivity contribution is 0.0746. The van der Waals surface area contributed by atoms with E-state index in [4.69, 9.17) is 9.26 Å². The minimum absolute atomic E-state index is 0.000736. The minimum Gasteiger partial charge on any atom is -0.485 e. The Bertz CT molecular complexity index is 1240. The van der Waals surface area contributed by atoms with Crippen LogP contribution in [0.2, 0.25) is 0 Å². The van der Waals surface area contributed by atoms with Crippen molar-refractivity contribution < 1.29 is 14.1 Å². The van der Waals surface area contributed by atoms with Crippen LogP contribution in [0, 0.1) is 6.92 Å². The van der Waals surface area contributed by atoms with Gasteiger partial charge in [0.1, 0.15) is 17.9 Å². The predicted molar refractivity (Wildman–Crippen MR) is 114 cm³/mol. The Balaban J connectivity index is 1.19. The highest BCUT2D eigenvalue weighted by Gasteiger charge is 2.24. The monoisotopic (exact) mass is 434 g/mol. The molecule has 4 aromatic rings. The van der Waals surface area contributed by atoms with Crippen LogP contribution in [-0.2, 0) is 13.7 Å². The van der Waals surface area contributed by atoms with Gasteiger partial charge in [0.15, 0.2) is 12.3 Å². The predicted octanol–water partition coefficient (Wildman–Crippen LogP) is 1.60. The van der Waals surface area contributed by atoms with E-state index in [9.17, 15) is 4.79 Å². The number of amides is 1. The smallest absolute Gasteiger partial charge is 0.253 e. The SMILES string of the molecule is Cc1nc(COc2ccc(C(=O)N3CCN(c4ncnc5c4cnn5C)CC3)cc2)no1. The van der Waals surface area contributed by atoms with E-state index in [0.29, 0.717) is 49.2 Å². The Morgan fingerprint density at radius 2 is 1.91 bits per heavy atom. The van der Waals surface area contributed by atoms with E-state index < -0.39 is 0 Å². The molecule has 3 aromatic heterocycles. The maximum atomic E-state index is 12.9. The van der Waals surface area contributed by atoms with E-state index in [2.05, 4.69) is 30.1 Å². The first-order chi connectivity index (χ1) is 15.6. The molecule has 32 heavy (non-hydrogen) atoms. The molecule has 1 amide bonds. The van der Waals surface area contributed by atoms with Crippen LogP contribution in [0.1, 0.15) is 22.1 Å². The zero-order valence-corrected chi connectivity index (χ0v) is 17.8. The number of piperazine rings is 1. The number of nitrogens with zero attached hydrogens (tertiary/aromatic N) is 8. The first kappa shape index (κ1) is 19.9. The Hall–Kier alpha value is -4.02. The average molecular weight is 434 g/mol. The van der Waals surface area contributed by atoms with Gasteiger partial charge < -0.3 is 19.1 Å². The third-order valence-electron chi connectivity index (χ3n) is 5.41. The molecule has 1 aliphatic heterocycles. The number of aryl methyl sites for hydroxylation is 2. The van der Waals surface area contributed by atoms with Crippen molar-refractivity contribution in [3.8, 4) is 5.75 Å². The summed E-state index contributed by atoms with van der Waals surface area (Å²) in [6.07, 6.45) is 3.34. The van der Waals surface area contributed by atoms with Crippen molar-refractivity contribution in [1.29, 1.82) is 0 Å². The third-order valence-corrected chi connectivity index (χ3v) is 5.41. The van der Waals surface area contributed by atoms with Crippen molar-refractivity contribution in [2.45, 2.75) is 13.5 Å². The number of anilines is 1. The molecule has 0 aliphatic carbocycles. The molecular weight excluding hydrogens is 412 g/mol. The number of carbonyl (C=O) groups is 1. The van der Waals surface area contributed by atoms with Gasteiger partial charge in [0, 0.05) is 45.7 Å². The topological polar surface area (TPSA) is 115 Å². The highest BCUT2D eigenvalue weighted by molar-refractivity contribution is 5.94. The summed E-state index contributed by atoms with van der Waals surface area (Å²) >= 11 is 0. The van der Waals surface area contributed by atoms with Crippen LogP contribution in [0.25, 0.3) is 11.0 Å². The van der Waals surface area contributed by atoms with Crippen molar-refractivity contribution in [3.05, 3.63) is 54.1 Å². The summed E-state index contributed by atoms with van der Waals surface area (Å²) in [5.41, 5.74) is 1.42. The summed E-state index contributed by atoms with van der Waals surface area (Å²) < 4.78 is 12.3. The average Bonchev–Trinajstić information content (AvgIpc) is 3.43. The zero-order valence-electron chi connectivity index (χ0n) is 17.8. The first-order valence-electron chi connectivity index (χ1n) is 10.3. The number of benzene rings is 1. The van der Waals surface area contributed by atoms with Gasteiger partial charge >= 0.3 is 0 Å². The molecule has 11 heteroatoms. The fourth-order valence-electron chi connectivity index (χ4n) is 3.75. The minimum atomic E-state index is -0.000736. The molecule has 4 heterocycles. The summed E-state index contributed by atoms with van der Waals surface area (Å²) in [5, 5.41) is 8.99. The molecule has 0 saturated carbocycles. The highest BCUT2D eigenvalue weighted by Crippen LogP contribution is 2.24. The van der Waals surface area contributed by atoms with Crippen LogP contribution in [0.5, 0.6) is 5.75 Å². The van der Waals surface area contributed by atoms with Gasteiger partial charge in [-0.15, -0.1) is 0 Å². The number of ether oxygens (including phenoxy) is 1. The fraction of sp³-hybridized carbons (Fsp3) is 0.333. The number of hydrogen-bond acceptors (Lipinski definition) is 9. The molecule has 1 saturated heterocycles. The van der Waals surface area contributed by atoms with Gasteiger partial charge in [0.25, 0.3) is 5.91 Å². The van der Waals surface area contributed by atoms with E-state index in [0.717, 1.165) is 16.9 Å². The van der Waals surface area contributed by atoms with Crippen molar-refractivity contribution >= 4 is 22.8 Å². The Kier molecular flexibility index (Phi) is 5.13. The van der Waals surface area contributed by atoms with Gasteiger partial charge in [-0.05, 0) is 24.3 Å².